The van der Waals surface area contributed by atoms with Gasteiger partial charge in [0, 0.05) is 29.5 Å². The van der Waals surface area contributed by atoms with Crippen LogP contribution in [0, 0.1) is 5.92 Å². The Balaban J connectivity index is 1.48. The predicted octanol–water partition coefficient (Wildman–Crippen LogP) is 3.63. The number of hydrogen-bond acceptors (Lipinski definition) is 6. The molecule has 3 rings (SSSR count). The van der Waals surface area contributed by atoms with Crippen LogP contribution in [-0.2, 0) is 22.4 Å². The fourth-order valence-electron chi connectivity index (χ4n) is 2.47. The lowest BCUT2D eigenvalue weighted by atomic mass is 10.0. The highest BCUT2D eigenvalue weighted by molar-refractivity contribution is 7.08. The molecule has 2 N–H and O–H groups in total. The van der Waals surface area contributed by atoms with Crippen LogP contribution < -0.4 is 5.32 Å². The van der Waals surface area contributed by atoms with Crippen LogP contribution in [0.2, 0.25) is 0 Å². The van der Waals surface area contributed by atoms with Crippen molar-refractivity contribution < 1.29 is 19.2 Å². The van der Waals surface area contributed by atoms with Gasteiger partial charge in [-0.1, -0.05) is 24.2 Å². The van der Waals surface area contributed by atoms with Gasteiger partial charge >= 0.3 is 5.97 Å². The molecule has 27 heavy (non-hydrogen) atoms. The van der Waals surface area contributed by atoms with Crippen LogP contribution in [0.25, 0.3) is 11.4 Å². The first kappa shape index (κ1) is 18.8. The Kier molecular flexibility index (Phi) is 5.97. The number of nitrogens with zero attached hydrogens (tertiary/aromatic N) is 2. The Labute approximate surface area is 160 Å². The molecule has 1 amide bonds. The summed E-state index contributed by atoms with van der Waals surface area (Å²) in [4.78, 5) is 27.3. The number of aliphatic carboxylic acids is 1. The van der Waals surface area contributed by atoms with Gasteiger partial charge in [-0.2, -0.15) is 16.3 Å². The fraction of sp³-hybridized carbons (Fsp3) is 0.263. The van der Waals surface area contributed by atoms with Crippen molar-refractivity contribution >= 4 is 28.9 Å². The molecule has 1 atom stereocenters. The normalized spacial score (nSPS) is 11.9. The number of carbonyl (C=O) groups is 2. The van der Waals surface area contributed by atoms with Crippen molar-refractivity contribution in [3.05, 3.63) is 52.5 Å². The van der Waals surface area contributed by atoms with Crippen molar-refractivity contribution in [2.45, 2.75) is 26.2 Å². The summed E-state index contributed by atoms with van der Waals surface area (Å²) >= 11 is 1.55. The maximum absolute atomic E-state index is 12.1. The quantitative estimate of drug-likeness (QED) is 0.613. The standard InChI is InChI=1S/C19H19N3O4S/c1-12(19(24)25)10-13-2-4-15(5-3-13)20-16(23)6-7-17-21-18(22-26-17)14-8-9-27-11-14/h2-5,8-9,11-12H,6-7,10H2,1H3,(H,20,23)(H,24,25). The van der Waals surface area contributed by atoms with E-state index >= 15 is 0 Å². The SMILES string of the molecule is CC(Cc1ccc(NC(=O)CCc2nc(-c3ccsc3)no2)cc1)C(=O)O. The minimum absolute atomic E-state index is 0.156. The average molecular weight is 385 g/mol. The number of amides is 1. The number of rotatable bonds is 8. The maximum Gasteiger partial charge on any atom is 0.306 e. The topological polar surface area (TPSA) is 105 Å². The molecule has 2 heterocycles. The molecular formula is C19H19N3O4S. The van der Waals surface area contributed by atoms with Gasteiger partial charge in [0.05, 0.1) is 5.92 Å². The van der Waals surface area contributed by atoms with Gasteiger partial charge in [0.2, 0.25) is 17.6 Å². The molecular weight excluding hydrogens is 366 g/mol. The molecule has 0 aliphatic carbocycles. The minimum Gasteiger partial charge on any atom is -0.481 e. The Morgan fingerprint density at radius 1 is 1.26 bits per heavy atom. The number of nitrogens with one attached hydrogen (secondary N) is 1. The van der Waals surface area contributed by atoms with Crippen LogP contribution in [0.1, 0.15) is 24.8 Å². The molecule has 0 aliphatic heterocycles. The molecule has 3 aromatic rings. The number of benzene rings is 1. The smallest absolute Gasteiger partial charge is 0.306 e. The minimum atomic E-state index is -0.824. The first-order chi connectivity index (χ1) is 13.0. The van der Waals surface area contributed by atoms with E-state index in [0.717, 1.165) is 11.1 Å². The van der Waals surface area contributed by atoms with Gasteiger partial charge in [-0.15, -0.1) is 0 Å². The number of carbonyl (C=O) groups excluding carboxylic acids is 1. The third-order valence-electron chi connectivity index (χ3n) is 4.01. The van der Waals surface area contributed by atoms with E-state index in [-0.39, 0.29) is 12.3 Å². The lowest BCUT2D eigenvalue weighted by Gasteiger charge is -2.08. The molecule has 0 spiro atoms. The van der Waals surface area contributed by atoms with Crippen LogP contribution >= 0.6 is 11.3 Å². The van der Waals surface area contributed by atoms with E-state index in [1.807, 2.05) is 29.0 Å². The Hall–Kier alpha value is -3.00. The van der Waals surface area contributed by atoms with Crippen LogP contribution in [-0.4, -0.2) is 27.1 Å². The highest BCUT2D eigenvalue weighted by Gasteiger charge is 2.13. The highest BCUT2D eigenvalue weighted by atomic mass is 32.1. The van der Waals surface area contributed by atoms with E-state index in [0.29, 0.717) is 30.2 Å². The second-order valence-electron chi connectivity index (χ2n) is 6.21. The largest absolute Gasteiger partial charge is 0.481 e. The summed E-state index contributed by atoms with van der Waals surface area (Å²) in [5.41, 5.74) is 2.47. The van der Waals surface area contributed by atoms with Crippen molar-refractivity contribution in [3.63, 3.8) is 0 Å². The van der Waals surface area contributed by atoms with Gasteiger partial charge < -0.3 is 14.9 Å². The van der Waals surface area contributed by atoms with Gasteiger partial charge in [-0.05, 0) is 35.6 Å². The van der Waals surface area contributed by atoms with Gasteiger partial charge in [-0.25, -0.2) is 0 Å². The van der Waals surface area contributed by atoms with Gasteiger partial charge in [0.1, 0.15) is 0 Å². The van der Waals surface area contributed by atoms with Crippen molar-refractivity contribution in [2.75, 3.05) is 5.32 Å². The summed E-state index contributed by atoms with van der Waals surface area (Å²) in [7, 11) is 0. The lowest BCUT2D eigenvalue weighted by molar-refractivity contribution is -0.141. The number of anilines is 1. The highest BCUT2D eigenvalue weighted by Crippen LogP contribution is 2.19. The number of aryl methyl sites for hydroxylation is 1. The number of carboxylic acid groups (broad SMARTS) is 1. The molecule has 0 bridgehead atoms. The van der Waals surface area contributed by atoms with E-state index < -0.39 is 11.9 Å². The third-order valence-corrected chi connectivity index (χ3v) is 4.70. The molecule has 0 saturated heterocycles. The van der Waals surface area contributed by atoms with Crippen LogP contribution in [0.3, 0.4) is 0 Å². The summed E-state index contributed by atoms with van der Waals surface area (Å²) in [5.74, 6) is -0.478. The van der Waals surface area contributed by atoms with Crippen molar-refractivity contribution in [1.29, 1.82) is 0 Å². The summed E-state index contributed by atoms with van der Waals surface area (Å²) in [6.45, 7) is 1.67. The molecule has 7 nitrogen and oxygen atoms in total. The van der Waals surface area contributed by atoms with E-state index in [1.165, 1.54) is 0 Å². The predicted molar refractivity (Wildman–Crippen MR) is 102 cm³/mol. The molecule has 140 valence electrons. The first-order valence-electron chi connectivity index (χ1n) is 8.48. The molecule has 0 saturated carbocycles. The average Bonchev–Trinajstić information content (AvgIpc) is 3.33. The second-order valence-corrected chi connectivity index (χ2v) is 6.99. The van der Waals surface area contributed by atoms with E-state index in [9.17, 15) is 9.59 Å². The molecule has 8 heteroatoms. The van der Waals surface area contributed by atoms with E-state index in [4.69, 9.17) is 9.63 Å². The number of carboxylic acids is 1. The Morgan fingerprint density at radius 3 is 2.70 bits per heavy atom. The maximum atomic E-state index is 12.1. The number of thiophene rings is 1. The zero-order chi connectivity index (χ0) is 19.2. The van der Waals surface area contributed by atoms with Crippen LogP contribution in [0.4, 0.5) is 5.69 Å². The monoisotopic (exact) mass is 385 g/mol. The van der Waals surface area contributed by atoms with Gasteiger partial charge in [-0.3, -0.25) is 9.59 Å². The number of aromatic nitrogens is 2. The molecule has 1 unspecified atom stereocenters. The Morgan fingerprint density at radius 2 is 2.04 bits per heavy atom. The van der Waals surface area contributed by atoms with E-state index in [2.05, 4.69) is 15.5 Å². The molecule has 0 aliphatic rings. The third kappa shape index (κ3) is 5.24. The van der Waals surface area contributed by atoms with Crippen LogP contribution in [0.5, 0.6) is 0 Å². The fourth-order valence-corrected chi connectivity index (χ4v) is 3.11. The molecule has 0 fully saturated rings. The van der Waals surface area contributed by atoms with E-state index in [1.54, 1.807) is 30.4 Å². The summed E-state index contributed by atoms with van der Waals surface area (Å²) in [5, 5.41) is 19.5. The van der Waals surface area contributed by atoms with Gasteiger partial charge in [0.25, 0.3) is 0 Å². The summed E-state index contributed by atoms with van der Waals surface area (Å²) in [6, 6.07) is 9.08. The van der Waals surface area contributed by atoms with Crippen molar-refractivity contribution in [2.24, 2.45) is 5.92 Å². The first-order valence-corrected chi connectivity index (χ1v) is 9.42. The Bertz CT molecular complexity index is 903. The lowest BCUT2D eigenvalue weighted by Crippen LogP contribution is -2.13. The summed E-state index contributed by atoms with van der Waals surface area (Å²) in [6.07, 6.45) is 1.04. The zero-order valence-electron chi connectivity index (χ0n) is 14.7. The molecule has 0 radical (unpaired) electrons. The molecule has 2 aromatic heterocycles. The zero-order valence-corrected chi connectivity index (χ0v) is 15.5. The van der Waals surface area contributed by atoms with Gasteiger partial charge in [0.15, 0.2) is 0 Å². The summed E-state index contributed by atoms with van der Waals surface area (Å²) < 4.78 is 5.18. The van der Waals surface area contributed by atoms with Crippen molar-refractivity contribution in [1.82, 2.24) is 10.1 Å². The number of hydrogen-bond donors (Lipinski definition) is 2. The van der Waals surface area contributed by atoms with Crippen molar-refractivity contribution in [3.8, 4) is 11.4 Å². The van der Waals surface area contributed by atoms with Crippen LogP contribution in [0.15, 0.2) is 45.6 Å². The molecule has 1 aromatic carbocycles. The second kappa shape index (κ2) is 8.59.